The predicted molar refractivity (Wildman–Crippen MR) is 76.3 cm³/mol. The largest absolute Gasteiger partial charge is 0.451 e. The molecule has 1 unspecified atom stereocenters. The first-order valence-corrected chi connectivity index (χ1v) is 6.90. The van der Waals surface area contributed by atoms with Gasteiger partial charge in [0.2, 0.25) is 0 Å². The molecule has 2 rings (SSSR count). The minimum absolute atomic E-state index is 0.156. The number of fused-ring (bicyclic) bond motifs is 1. The third kappa shape index (κ3) is 3.13. The van der Waals surface area contributed by atoms with E-state index in [0.29, 0.717) is 17.1 Å². The van der Waals surface area contributed by atoms with Gasteiger partial charge in [-0.15, -0.1) is 0 Å². The van der Waals surface area contributed by atoms with Crippen molar-refractivity contribution in [2.75, 3.05) is 6.54 Å². The number of hydrogen-bond donors (Lipinski definition) is 1. The summed E-state index contributed by atoms with van der Waals surface area (Å²) in [6, 6.07) is 7.66. The molecule has 1 atom stereocenters. The molecule has 0 aliphatic heterocycles. The summed E-state index contributed by atoms with van der Waals surface area (Å²) < 4.78 is 5.52. The van der Waals surface area contributed by atoms with Crippen molar-refractivity contribution < 1.29 is 9.21 Å². The van der Waals surface area contributed by atoms with Crippen LogP contribution >= 0.6 is 15.9 Å². The Morgan fingerprint density at radius 2 is 2.22 bits per heavy atom. The van der Waals surface area contributed by atoms with E-state index in [9.17, 15) is 4.79 Å². The van der Waals surface area contributed by atoms with E-state index in [-0.39, 0.29) is 5.91 Å². The Labute approximate surface area is 115 Å². The van der Waals surface area contributed by atoms with Crippen LogP contribution in [0.5, 0.6) is 0 Å². The molecule has 1 aromatic carbocycles. The van der Waals surface area contributed by atoms with E-state index in [1.807, 2.05) is 25.1 Å². The number of aryl methyl sites for hydroxylation is 1. The van der Waals surface area contributed by atoms with E-state index in [1.54, 1.807) is 6.07 Å². The maximum absolute atomic E-state index is 11.9. The zero-order valence-corrected chi connectivity index (χ0v) is 12.1. The second kappa shape index (κ2) is 5.57. The van der Waals surface area contributed by atoms with Crippen LogP contribution in [0.2, 0.25) is 0 Å². The first-order valence-electron chi connectivity index (χ1n) is 5.99. The summed E-state index contributed by atoms with van der Waals surface area (Å²) in [6.45, 7) is 4.71. The summed E-state index contributed by atoms with van der Waals surface area (Å²) in [5.74, 6) is 0.217. The molecular formula is C14H16BrNO2. The molecule has 1 amide bonds. The zero-order valence-electron chi connectivity index (χ0n) is 10.5. The van der Waals surface area contributed by atoms with E-state index in [0.717, 1.165) is 23.0 Å². The zero-order chi connectivity index (χ0) is 13.1. The summed E-state index contributed by atoms with van der Waals surface area (Å²) >= 11 is 3.44. The van der Waals surface area contributed by atoms with Gasteiger partial charge in [-0.05, 0) is 31.5 Å². The number of hydrogen-bond acceptors (Lipinski definition) is 2. The van der Waals surface area contributed by atoms with Crippen LogP contribution in [0.3, 0.4) is 0 Å². The molecule has 0 fully saturated rings. The molecule has 0 radical (unpaired) electrons. The number of alkyl halides is 1. The third-order valence-electron chi connectivity index (χ3n) is 2.72. The molecule has 0 saturated carbocycles. The van der Waals surface area contributed by atoms with Crippen molar-refractivity contribution in [3.8, 4) is 0 Å². The van der Waals surface area contributed by atoms with Crippen LogP contribution in [-0.2, 0) is 0 Å². The van der Waals surface area contributed by atoms with Crippen LogP contribution in [-0.4, -0.2) is 17.3 Å². The van der Waals surface area contributed by atoms with Crippen LogP contribution in [0.15, 0.2) is 28.7 Å². The van der Waals surface area contributed by atoms with Crippen LogP contribution in [0.4, 0.5) is 0 Å². The molecule has 18 heavy (non-hydrogen) atoms. The molecule has 2 aromatic rings. The average molecular weight is 310 g/mol. The fraction of sp³-hybridized carbons (Fsp3) is 0.357. The number of furan rings is 1. The molecule has 1 N–H and O–H groups in total. The minimum Gasteiger partial charge on any atom is -0.451 e. The highest BCUT2D eigenvalue weighted by molar-refractivity contribution is 9.09. The number of amides is 1. The fourth-order valence-electron chi connectivity index (χ4n) is 1.75. The number of carbonyl (C=O) groups excluding carboxylic acids is 1. The Balaban J connectivity index is 2.08. The van der Waals surface area contributed by atoms with Gasteiger partial charge < -0.3 is 9.73 Å². The number of halogens is 1. The summed E-state index contributed by atoms with van der Waals surface area (Å²) in [7, 11) is 0. The van der Waals surface area contributed by atoms with Gasteiger partial charge in [-0.2, -0.15) is 0 Å². The van der Waals surface area contributed by atoms with Crippen molar-refractivity contribution in [2.45, 2.75) is 25.1 Å². The Bertz CT molecular complexity index is 560. The van der Waals surface area contributed by atoms with E-state index >= 15 is 0 Å². The highest BCUT2D eigenvalue weighted by Gasteiger charge is 2.11. The molecular weight excluding hydrogens is 294 g/mol. The number of rotatable bonds is 4. The molecule has 96 valence electrons. The normalized spacial score (nSPS) is 12.6. The first-order chi connectivity index (χ1) is 8.56. The van der Waals surface area contributed by atoms with Crippen LogP contribution in [0.25, 0.3) is 11.0 Å². The highest BCUT2D eigenvalue weighted by Crippen LogP contribution is 2.20. The lowest BCUT2D eigenvalue weighted by molar-refractivity contribution is 0.0928. The molecule has 0 spiro atoms. The van der Waals surface area contributed by atoms with Gasteiger partial charge in [0.25, 0.3) is 5.91 Å². The van der Waals surface area contributed by atoms with Gasteiger partial charge in [-0.1, -0.05) is 34.5 Å². The van der Waals surface area contributed by atoms with Gasteiger partial charge in [0.05, 0.1) is 0 Å². The quantitative estimate of drug-likeness (QED) is 0.876. The van der Waals surface area contributed by atoms with Crippen LogP contribution in [0.1, 0.15) is 29.5 Å². The van der Waals surface area contributed by atoms with E-state index in [2.05, 4.69) is 28.2 Å². The van der Waals surface area contributed by atoms with E-state index in [4.69, 9.17) is 4.42 Å². The Hall–Kier alpha value is -1.29. The smallest absolute Gasteiger partial charge is 0.287 e. The summed E-state index contributed by atoms with van der Waals surface area (Å²) in [5, 5.41) is 3.81. The minimum atomic E-state index is -0.156. The van der Waals surface area contributed by atoms with Crippen molar-refractivity contribution in [3.05, 3.63) is 35.6 Å². The molecule has 0 aliphatic rings. The number of benzene rings is 1. The summed E-state index contributed by atoms with van der Waals surface area (Å²) in [6.07, 6.45) is 0.894. The lowest BCUT2D eigenvalue weighted by Crippen LogP contribution is -2.25. The van der Waals surface area contributed by atoms with Crippen LogP contribution in [0, 0.1) is 6.92 Å². The van der Waals surface area contributed by atoms with Crippen molar-refractivity contribution >= 4 is 32.8 Å². The third-order valence-corrected chi connectivity index (χ3v) is 3.18. The molecule has 0 saturated heterocycles. The SMILES string of the molecule is Cc1ccc2oc(C(=O)NCCC(C)Br)cc2c1. The Morgan fingerprint density at radius 1 is 1.44 bits per heavy atom. The van der Waals surface area contributed by atoms with Crippen molar-refractivity contribution in [1.82, 2.24) is 5.32 Å². The molecule has 1 heterocycles. The van der Waals surface area contributed by atoms with Crippen molar-refractivity contribution in [2.24, 2.45) is 0 Å². The van der Waals surface area contributed by atoms with E-state index < -0.39 is 0 Å². The predicted octanol–water partition coefficient (Wildman–Crippen LogP) is 3.64. The summed E-state index contributed by atoms with van der Waals surface area (Å²) in [5.41, 5.74) is 1.91. The fourth-order valence-corrected chi connectivity index (χ4v) is 1.98. The molecule has 1 aromatic heterocycles. The first kappa shape index (κ1) is 13.1. The van der Waals surface area contributed by atoms with Gasteiger partial charge in [-0.3, -0.25) is 4.79 Å². The lowest BCUT2D eigenvalue weighted by atomic mass is 10.2. The van der Waals surface area contributed by atoms with Gasteiger partial charge in [0.15, 0.2) is 5.76 Å². The average Bonchev–Trinajstić information content (AvgIpc) is 2.71. The highest BCUT2D eigenvalue weighted by atomic mass is 79.9. The second-order valence-corrected chi connectivity index (χ2v) is 6.04. The van der Waals surface area contributed by atoms with Gasteiger partial charge in [-0.25, -0.2) is 0 Å². The van der Waals surface area contributed by atoms with E-state index in [1.165, 1.54) is 0 Å². The van der Waals surface area contributed by atoms with Crippen molar-refractivity contribution in [1.29, 1.82) is 0 Å². The standard InChI is InChI=1S/C14H16BrNO2/c1-9-3-4-12-11(7-9)8-13(18-12)14(17)16-6-5-10(2)15/h3-4,7-8,10H,5-6H2,1-2H3,(H,16,17). The second-order valence-electron chi connectivity index (χ2n) is 4.48. The monoisotopic (exact) mass is 309 g/mol. The topological polar surface area (TPSA) is 42.2 Å². The van der Waals surface area contributed by atoms with Crippen LogP contribution < -0.4 is 5.32 Å². The number of nitrogens with one attached hydrogen (secondary N) is 1. The lowest BCUT2D eigenvalue weighted by Gasteiger charge is -2.03. The molecule has 0 bridgehead atoms. The maximum atomic E-state index is 11.9. The molecule has 0 aliphatic carbocycles. The van der Waals surface area contributed by atoms with Gasteiger partial charge in [0.1, 0.15) is 5.58 Å². The Kier molecular flexibility index (Phi) is 4.07. The molecule has 3 nitrogen and oxygen atoms in total. The van der Waals surface area contributed by atoms with Crippen molar-refractivity contribution in [3.63, 3.8) is 0 Å². The van der Waals surface area contributed by atoms with Gasteiger partial charge >= 0.3 is 0 Å². The van der Waals surface area contributed by atoms with Gasteiger partial charge in [0, 0.05) is 16.8 Å². The Morgan fingerprint density at radius 3 is 2.94 bits per heavy atom. The maximum Gasteiger partial charge on any atom is 0.287 e. The molecule has 4 heteroatoms. The summed E-state index contributed by atoms with van der Waals surface area (Å²) in [4.78, 5) is 12.3. The number of carbonyl (C=O) groups is 1.